The molecule has 0 unspecified atom stereocenters. The van der Waals surface area contributed by atoms with Crippen molar-refractivity contribution in [1.29, 1.82) is 0 Å². The Morgan fingerprint density at radius 1 is 0.610 bits per heavy atom. The number of allylic oxidation sites excluding steroid dienone is 1. The summed E-state index contributed by atoms with van der Waals surface area (Å²) in [6, 6.07) is 43.0. The van der Waals surface area contributed by atoms with Gasteiger partial charge in [0.25, 0.3) is 0 Å². The van der Waals surface area contributed by atoms with E-state index in [0.29, 0.717) is 0 Å². The van der Waals surface area contributed by atoms with Crippen LogP contribution in [0.1, 0.15) is 12.5 Å². The summed E-state index contributed by atoms with van der Waals surface area (Å²) in [5.41, 5.74) is 8.78. The molecule has 0 fully saturated rings. The largest absolute Gasteiger partial charge is 0.344 e. The SMILES string of the molecule is C=C/C=c1\c(=C/C)n(C)c2ccc(-c3ccccc3)cc12.Cc1ccc2c(c1)c1ccccc1n2-c1ccccc1. The lowest BCUT2D eigenvalue weighted by Crippen LogP contribution is -2.26. The Bertz CT molecular complexity index is 2130. The number of hydrogen-bond donors (Lipinski definition) is 0. The molecule has 0 amide bonds. The maximum atomic E-state index is 3.85. The van der Waals surface area contributed by atoms with Crippen LogP contribution >= 0.6 is 0 Å². The second-order valence-electron chi connectivity index (χ2n) is 10.4. The van der Waals surface area contributed by atoms with Crippen LogP contribution in [0.4, 0.5) is 0 Å². The van der Waals surface area contributed by atoms with Crippen molar-refractivity contribution in [3.8, 4) is 16.8 Å². The summed E-state index contributed by atoms with van der Waals surface area (Å²) in [5, 5.41) is 6.38. The lowest BCUT2D eigenvalue weighted by atomic mass is 10.0. The quantitative estimate of drug-likeness (QED) is 0.216. The first-order valence-corrected chi connectivity index (χ1v) is 14.1. The first kappa shape index (κ1) is 26.2. The average Bonchev–Trinajstić information content (AvgIpc) is 3.49. The molecule has 0 saturated carbocycles. The van der Waals surface area contributed by atoms with E-state index >= 15 is 0 Å². The maximum Gasteiger partial charge on any atom is 0.0541 e. The summed E-state index contributed by atoms with van der Waals surface area (Å²) in [4.78, 5) is 0. The number of benzene rings is 5. The molecule has 200 valence electrons. The number of aryl methyl sites for hydroxylation is 2. The van der Waals surface area contributed by atoms with Crippen molar-refractivity contribution >= 4 is 44.9 Å². The maximum absolute atomic E-state index is 3.85. The molecule has 7 rings (SSSR count). The second-order valence-corrected chi connectivity index (χ2v) is 10.4. The van der Waals surface area contributed by atoms with Crippen LogP contribution < -0.4 is 10.6 Å². The zero-order valence-corrected chi connectivity index (χ0v) is 23.9. The van der Waals surface area contributed by atoms with Crippen molar-refractivity contribution in [2.75, 3.05) is 0 Å². The van der Waals surface area contributed by atoms with Gasteiger partial charge in [0, 0.05) is 45.0 Å². The van der Waals surface area contributed by atoms with Gasteiger partial charge in [-0.15, -0.1) is 0 Å². The van der Waals surface area contributed by atoms with Gasteiger partial charge in [-0.2, -0.15) is 0 Å². The van der Waals surface area contributed by atoms with Gasteiger partial charge in [-0.05, 0) is 67.4 Å². The third-order valence-corrected chi connectivity index (χ3v) is 7.79. The predicted octanol–water partition coefficient (Wildman–Crippen LogP) is 8.70. The first-order valence-electron chi connectivity index (χ1n) is 14.1. The van der Waals surface area contributed by atoms with E-state index in [2.05, 4.69) is 164 Å². The summed E-state index contributed by atoms with van der Waals surface area (Å²) in [7, 11) is 2.11. The molecule has 2 heteroatoms. The molecule has 41 heavy (non-hydrogen) atoms. The molecule has 2 nitrogen and oxygen atoms in total. The third kappa shape index (κ3) is 4.79. The van der Waals surface area contributed by atoms with Crippen molar-refractivity contribution in [2.45, 2.75) is 13.8 Å². The van der Waals surface area contributed by atoms with Crippen LogP contribution in [0.5, 0.6) is 0 Å². The molecule has 0 saturated heterocycles. The Balaban J connectivity index is 0.000000148. The molecule has 0 spiro atoms. The fourth-order valence-electron chi connectivity index (χ4n) is 5.89. The number of rotatable bonds is 3. The first-order chi connectivity index (χ1) is 20.1. The van der Waals surface area contributed by atoms with Crippen molar-refractivity contribution in [2.24, 2.45) is 7.05 Å². The molecule has 0 aliphatic carbocycles. The van der Waals surface area contributed by atoms with Crippen molar-refractivity contribution in [3.05, 3.63) is 150 Å². The second kappa shape index (κ2) is 11.2. The van der Waals surface area contributed by atoms with Crippen LogP contribution in [0.3, 0.4) is 0 Å². The van der Waals surface area contributed by atoms with E-state index in [1.54, 1.807) is 0 Å². The molecule has 0 radical (unpaired) electrons. The van der Waals surface area contributed by atoms with Crippen molar-refractivity contribution < 1.29 is 0 Å². The number of para-hydroxylation sites is 2. The van der Waals surface area contributed by atoms with Gasteiger partial charge in [0.05, 0.1) is 11.0 Å². The minimum Gasteiger partial charge on any atom is -0.344 e. The zero-order valence-electron chi connectivity index (χ0n) is 23.9. The van der Waals surface area contributed by atoms with Gasteiger partial charge < -0.3 is 9.13 Å². The van der Waals surface area contributed by atoms with Gasteiger partial charge >= 0.3 is 0 Å². The topological polar surface area (TPSA) is 9.86 Å². The van der Waals surface area contributed by atoms with E-state index in [-0.39, 0.29) is 0 Å². The molecule has 5 aromatic carbocycles. The van der Waals surface area contributed by atoms with Gasteiger partial charge in [-0.1, -0.05) is 109 Å². The van der Waals surface area contributed by atoms with E-state index in [1.165, 1.54) is 65.7 Å². The predicted molar refractivity (Wildman–Crippen MR) is 178 cm³/mol. The molecule has 2 heterocycles. The Labute approximate surface area is 241 Å². The monoisotopic (exact) mass is 530 g/mol. The lowest BCUT2D eigenvalue weighted by molar-refractivity contribution is 0.924. The standard InChI is InChI=1S/C20H19N.C19H15N/c1-4-9-17-18-14-16(15-10-7-6-8-11-15)12-13-20(18)21(3)19(17)5-2;1-14-11-12-19-17(13-14)16-9-5-6-10-18(16)20(19)15-7-3-2-4-8-15/h4-14H,1H2,2-3H3;2-13H,1H3/b17-9-,19-5+;. The van der Waals surface area contributed by atoms with Crippen LogP contribution in [0, 0.1) is 6.92 Å². The van der Waals surface area contributed by atoms with E-state index in [1.807, 2.05) is 12.1 Å². The highest BCUT2D eigenvalue weighted by molar-refractivity contribution is 6.09. The highest BCUT2D eigenvalue weighted by atomic mass is 15.0. The fraction of sp³-hybridized carbons (Fsp3) is 0.0769. The van der Waals surface area contributed by atoms with Crippen LogP contribution in [0.15, 0.2) is 134 Å². The Morgan fingerprint density at radius 2 is 1.27 bits per heavy atom. The lowest BCUT2D eigenvalue weighted by Gasteiger charge is -2.07. The Morgan fingerprint density at radius 3 is 2.00 bits per heavy atom. The van der Waals surface area contributed by atoms with E-state index in [4.69, 9.17) is 0 Å². The highest BCUT2D eigenvalue weighted by Crippen LogP contribution is 2.32. The molecular weight excluding hydrogens is 496 g/mol. The summed E-state index contributed by atoms with van der Waals surface area (Å²) in [6.07, 6.45) is 6.10. The van der Waals surface area contributed by atoms with Crippen LogP contribution in [-0.4, -0.2) is 9.13 Å². The average molecular weight is 531 g/mol. The van der Waals surface area contributed by atoms with Crippen LogP contribution in [0.2, 0.25) is 0 Å². The Hall–Kier alpha value is -5.08. The minimum absolute atomic E-state index is 1.21. The molecule has 2 aromatic heterocycles. The van der Waals surface area contributed by atoms with E-state index in [9.17, 15) is 0 Å². The van der Waals surface area contributed by atoms with Crippen molar-refractivity contribution in [1.82, 2.24) is 9.13 Å². The van der Waals surface area contributed by atoms with Crippen molar-refractivity contribution in [3.63, 3.8) is 0 Å². The number of fused-ring (bicyclic) bond motifs is 4. The summed E-state index contributed by atoms with van der Waals surface area (Å²) >= 11 is 0. The molecular formula is C39H34N2. The smallest absolute Gasteiger partial charge is 0.0541 e. The molecule has 7 aromatic rings. The van der Waals surface area contributed by atoms with E-state index < -0.39 is 0 Å². The van der Waals surface area contributed by atoms with Crippen LogP contribution in [-0.2, 0) is 7.05 Å². The fourth-order valence-corrected chi connectivity index (χ4v) is 5.89. The van der Waals surface area contributed by atoms with Crippen LogP contribution in [0.25, 0.3) is 61.7 Å². The molecule has 0 aliphatic rings. The number of nitrogens with zero attached hydrogens (tertiary/aromatic N) is 2. The number of hydrogen-bond acceptors (Lipinski definition) is 0. The Kier molecular flexibility index (Phi) is 7.14. The van der Waals surface area contributed by atoms with Gasteiger partial charge in [0.15, 0.2) is 0 Å². The highest BCUT2D eigenvalue weighted by Gasteiger charge is 2.11. The number of aromatic nitrogens is 2. The zero-order chi connectivity index (χ0) is 28.3. The molecule has 0 bridgehead atoms. The van der Waals surface area contributed by atoms with E-state index in [0.717, 1.165) is 0 Å². The third-order valence-electron chi connectivity index (χ3n) is 7.79. The minimum atomic E-state index is 1.21. The summed E-state index contributed by atoms with van der Waals surface area (Å²) < 4.78 is 4.57. The molecule has 0 N–H and O–H groups in total. The van der Waals surface area contributed by atoms with Gasteiger partial charge in [-0.25, -0.2) is 0 Å². The summed E-state index contributed by atoms with van der Waals surface area (Å²) in [6.45, 7) is 8.07. The molecule has 0 aliphatic heterocycles. The summed E-state index contributed by atoms with van der Waals surface area (Å²) in [5.74, 6) is 0. The van der Waals surface area contributed by atoms with Gasteiger partial charge in [-0.3, -0.25) is 0 Å². The van der Waals surface area contributed by atoms with Gasteiger partial charge in [0.1, 0.15) is 0 Å². The van der Waals surface area contributed by atoms with Gasteiger partial charge in [0.2, 0.25) is 0 Å². The molecule has 0 atom stereocenters. The normalized spacial score (nSPS) is 12.2.